The van der Waals surface area contributed by atoms with Crippen molar-refractivity contribution in [3.05, 3.63) is 36.2 Å². The van der Waals surface area contributed by atoms with E-state index in [9.17, 15) is 4.79 Å². The summed E-state index contributed by atoms with van der Waals surface area (Å²) in [5.74, 6) is -0.201. The molecule has 0 saturated heterocycles. The molecule has 0 atom stereocenters. The van der Waals surface area contributed by atoms with Crippen molar-refractivity contribution >= 4 is 16.7 Å². The van der Waals surface area contributed by atoms with Gasteiger partial charge in [0.1, 0.15) is 0 Å². The lowest BCUT2D eigenvalue weighted by Gasteiger charge is -2.04. The molecular formula is C11H11N3O2. The van der Waals surface area contributed by atoms with Crippen LogP contribution in [-0.2, 0) is 0 Å². The van der Waals surface area contributed by atoms with E-state index in [4.69, 9.17) is 5.11 Å². The largest absolute Gasteiger partial charge is 0.395 e. The molecule has 0 aliphatic carbocycles. The van der Waals surface area contributed by atoms with Crippen molar-refractivity contribution < 1.29 is 9.90 Å². The lowest BCUT2D eigenvalue weighted by molar-refractivity contribution is 0.0945. The van der Waals surface area contributed by atoms with Crippen LogP contribution in [0.15, 0.2) is 30.6 Å². The number of rotatable bonds is 3. The zero-order chi connectivity index (χ0) is 11.4. The SMILES string of the molecule is O=C(NCCO)c1ccc2cnncc2c1. The molecule has 0 unspecified atom stereocenters. The summed E-state index contributed by atoms with van der Waals surface area (Å²) in [6.45, 7) is 0.191. The van der Waals surface area contributed by atoms with Crippen LogP contribution in [0.4, 0.5) is 0 Å². The number of benzene rings is 1. The standard InChI is InChI=1S/C11H11N3O2/c15-4-3-12-11(16)8-1-2-9-6-13-14-7-10(9)5-8/h1-2,5-7,15H,3-4H2,(H,12,16). The van der Waals surface area contributed by atoms with Crippen LogP contribution < -0.4 is 5.32 Å². The summed E-state index contributed by atoms with van der Waals surface area (Å²) in [7, 11) is 0. The highest BCUT2D eigenvalue weighted by Crippen LogP contribution is 2.13. The molecule has 5 nitrogen and oxygen atoms in total. The predicted molar refractivity (Wildman–Crippen MR) is 59.0 cm³/mol. The quantitative estimate of drug-likeness (QED) is 0.778. The van der Waals surface area contributed by atoms with Gasteiger partial charge in [0, 0.05) is 22.9 Å². The minimum Gasteiger partial charge on any atom is -0.395 e. The molecule has 1 aromatic carbocycles. The number of carbonyl (C=O) groups is 1. The fraction of sp³-hybridized carbons (Fsp3) is 0.182. The molecule has 1 amide bonds. The van der Waals surface area contributed by atoms with Crippen molar-refractivity contribution in [1.82, 2.24) is 15.5 Å². The number of hydrogen-bond acceptors (Lipinski definition) is 4. The van der Waals surface area contributed by atoms with Gasteiger partial charge in [-0.05, 0) is 12.1 Å². The second kappa shape index (κ2) is 4.67. The van der Waals surface area contributed by atoms with Crippen LogP contribution in [0.2, 0.25) is 0 Å². The number of carbonyl (C=O) groups excluding carboxylic acids is 1. The van der Waals surface area contributed by atoms with E-state index in [0.29, 0.717) is 5.56 Å². The average molecular weight is 217 g/mol. The van der Waals surface area contributed by atoms with Crippen molar-refractivity contribution in [1.29, 1.82) is 0 Å². The van der Waals surface area contributed by atoms with Gasteiger partial charge in [-0.1, -0.05) is 6.07 Å². The summed E-state index contributed by atoms with van der Waals surface area (Å²) in [5.41, 5.74) is 0.550. The first-order valence-corrected chi connectivity index (χ1v) is 4.91. The van der Waals surface area contributed by atoms with Crippen molar-refractivity contribution in [2.24, 2.45) is 0 Å². The molecule has 1 aromatic heterocycles. The van der Waals surface area contributed by atoms with Gasteiger partial charge in [-0.2, -0.15) is 10.2 Å². The summed E-state index contributed by atoms with van der Waals surface area (Å²) in [4.78, 5) is 11.6. The van der Waals surface area contributed by atoms with E-state index in [1.807, 2.05) is 6.07 Å². The highest BCUT2D eigenvalue weighted by Gasteiger charge is 2.05. The third kappa shape index (κ3) is 2.14. The molecule has 82 valence electrons. The second-order valence-electron chi connectivity index (χ2n) is 3.31. The van der Waals surface area contributed by atoms with Crippen molar-refractivity contribution in [2.75, 3.05) is 13.2 Å². The highest BCUT2D eigenvalue weighted by molar-refractivity contribution is 5.98. The molecule has 0 radical (unpaired) electrons. The van der Waals surface area contributed by atoms with Gasteiger partial charge in [0.25, 0.3) is 5.91 Å². The minimum absolute atomic E-state index is 0.0647. The Labute approximate surface area is 92.1 Å². The van der Waals surface area contributed by atoms with Gasteiger partial charge in [0.15, 0.2) is 0 Å². The second-order valence-corrected chi connectivity index (χ2v) is 3.31. The Kier molecular flexibility index (Phi) is 3.07. The molecule has 5 heteroatoms. The number of aromatic nitrogens is 2. The Balaban J connectivity index is 2.28. The van der Waals surface area contributed by atoms with E-state index in [1.165, 1.54) is 0 Å². The zero-order valence-corrected chi connectivity index (χ0v) is 8.55. The summed E-state index contributed by atoms with van der Waals surface area (Å²) in [6.07, 6.45) is 3.25. The van der Waals surface area contributed by atoms with Crippen LogP contribution in [0.5, 0.6) is 0 Å². The van der Waals surface area contributed by atoms with Crippen LogP contribution in [0.1, 0.15) is 10.4 Å². The van der Waals surface area contributed by atoms with Gasteiger partial charge in [-0.25, -0.2) is 0 Å². The Morgan fingerprint density at radius 2 is 2.00 bits per heavy atom. The Morgan fingerprint density at radius 1 is 1.25 bits per heavy atom. The topological polar surface area (TPSA) is 75.1 Å². The molecule has 0 bridgehead atoms. The fourth-order valence-electron chi connectivity index (χ4n) is 1.41. The van der Waals surface area contributed by atoms with Crippen LogP contribution in [0.3, 0.4) is 0 Å². The summed E-state index contributed by atoms with van der Waals surface area (Å²) in [6, 6.07) is 5.28. The van der Waals surface area contributed by atoms with Gasteiger partial charge in [-0.15, -0.1) is 0 Å². The highest BCUT2D eigenvalue weighted by atomic mass is 16.3. The lowest BCUT2D eigenvalue weighted by Crippen LogP contribution is -2.26. The van der Waals surface area contributed by atoms with Gasteiger partial charge >= 0.3 is 0 Å². The molecule has 2 aromatic rings. The third-order valence-corrected chi connectivity index (χ3v) is 2.21. The van der Waals surface area contributed by atoms with Crippen molar-refractivity contribution in [3.63, 3.8) is 0 Å². The van der Waals surface area contributed by atoms with Crippen LogP contribution in [0.25, 0.3) is 10.8 Å². The first-order chi connectivity index (χ1) is 7.81. The number of aliphatic hydroxyl groups excluding tert-OH is 1. The van der Waals surface area contributed by atoms with Crippen LogP contribution >= 0.6 is 0 Å². The number of nitrogens with one attached hydrogen (secondary N) is 1. The molecule has 0 aliphatic rings. The number of fused-ring (bicyclic) bond motifs is 1. The summed E-state index contributed by atoms with van der Waals surface area (Å²) >= 11 is 0. The number of nitrogens with zero attached hydrogens (tertiary/aromatic N) is 2. The molecule has 0 aliphatic heterocycles. The molecule has 16 heavy (non-hydrogen) atoms. The minimum atomic E-state index is -0.201. The van der Waals surface area contributed by atoms with E-state index >= 15 is 0 Å². The van der Waals surface area contributed by atoms with Gasteiger partial charge in [-0.3, -0.25) is 4.79 Å². The average Bonchev–Trinajstić information content (AvgIpc) is 2.35. The van der Waals surface area contributed by atoms with Crippen LogP contribution in [0, 0.1) is 0 Å². The third-order valence-electron chi connectivity index (χ3n) is 2.21. The van der Waals surface area contributed by atoms with Crippen molar-refractivity contribution in [3.8, 4) is 0 Å². The lowest BCUT2D eigenvalue weighted by atomic mass is 10.1. The van der Waals surface area contributed by atoms with Crippen LogP contribution in [-0.4, -0.2) is 34.4 Å². The van der Waals surface area contributed by atoms with Crippen molar-refractivity contribution in [2.45, 2.75) is 0 Å². The summed E-state index contributed by atoms with van der Waals surface area (Å²) < 4.78 is 0. The molecule has 2 rings (SSSR count). The van der Waals surface area contributed by atoms with Gasteiger partial charge in [0.2, 0.25) is 0 Å². The number of aliphatic hydroxyl groups is 1. The molecular weight excluding hydrogens is 206 g/mol. The fourth-order valence-corrected chi connectivity index (χ4v) is 1.41. The number of amides is 1. The molecule has 0 saturated carbocycles. The van der Waals surface area contributed by atoms with Gasteiger partial charge < -0.3 is 10.4 Å². The molecule has 0 fully saturated rings. The Morgan fingerprint density at radius 3 is 2.75 bits per heavy atom. The van der Waals surface area contributed by atoms with E-state index in [2.05, 4.69) is 15.5 Å². The predicted octanol–water partition coefficient (Wildman–Crippen LogP) is 0.352. The molecule has 2 N–H and O–H groups in total. The number of hydrogen-bond donors (Lipinski definition) is 2. The molecule has 0 spiro atoms. The van der Waals surface area contributed by atoms with E-state index in [1.54, 1.807) is 24.5 Å². The first kappa shape index (κ1) is 10.5. The zero-order valence-electron chi connectivity index (χ0n) is 8.55. The van der Waals surface area contributed by atoms with Gasteiger partial charge in [0.05, 0.1) is 19.0 Å². The van der Waals surface area contributed by atoms with E-state index < -0.39 is 0 Å². The van der Waals surface area contributed by atoms with E-state index in [-0.39, 0.29) is 19.1 Å². The molecule has 1 heterocycles. The maximum Gasteiger partial charge on any atom is 0.251 e. The Hall–Kier alpha value is -2.01. The smallest absolute Gasteiger partial charge is 0.251 e. The maximum atomic E-state index is 11.6. The normalized spacial score (nSPS) is 10.3. The first-order valence-electron chi connectivity index (χ1n) is 4.91. The summed E-state index contributed by atoms with van der Waals surface area (Å²) in [5, 5.41) is 20.5. The monoisotopic (exact) mass is 217 g/mol. The van der Waals surface area contributed by atoms with E-state index in [0.717, 1.165) is 10.8 Å². The Bertz CT molecular complexity index is 513. The maximum absolute atomic E-state index is 11.6.